The third-order valence-corrected chi connectivity index (χ3v) is 3.34. The second kappa shape index (κ2) is 3.23. The minimum absolute atomic E-state index is 0.313. The molecule has 3 nitrogen and oxygen atoms in total. The Hall–Kier alpha value is -0.120. The summed E-state index contributed by atoms with van der Waals surface area (Å²) >= 11 is 0. The zero-order valence-corrected chi connectivity index (χ0v) is 7.78. The van der Waals surface area contributed by atoms with Crippen LogP contribution < -0.4 is 0 Å². The van der Waals surface area contributed by atoms with Crippen molar-refractivity contribution in [3.05, 3.63) is 0 Å². The molecule has 3 aliphatic rings. The third kappa shape index (κ3) is 1.39. The van der Waals surface area contributed by atoms with Crippen molar-refractivity contribution in [2.24, 2.45) is 0 Å². The SMILES string of the molecule is C1CO[C@H]2C[C@H]3OCC[C@H]3O[C@H]2C1. The van der Waals surface area contributed by atoms with Gasteiger partial charge in [0.1, 0.15) is 0 Å². The predicted molar refractivity (Wildman–Crippen MR) is 46.6 cm³/mol. The Bertz CT molecular complexity index is 175. The molecule has 0 saturated carbocycles. The molecule has 0 aromatic carbocycles. The molecule has 3 fully saturated rings. The first-order valence-electron chi connectivity index (χ1n) is 5.32. The lowest BCUT2D eigenvalue weighted by molar-refractivity contribution is -0.187. The summed E-state index contributed by atoms with van der Waals surface area (Å²) in [6.07, 6.45) is 5.81. The molecule has 3 rings (SSSR count). The van der Waals surface area contributed by atoms with E-state index in [1.54, 1.807) is 0 Å². The van der Waals surface area contributed by atoms with Crippen LogP contribution in [0.2, 0.25) is 0 Å². The fraction of sp³-hybridized carbons (Fsp3) is 1.00. The molecule has 0 unspecified atom stereocenters. The highest BCUT2D eigenvalue weighted by molar-refractivity contribution is 4.90. The average Bonchev–Trinajstić information content (AvgIpc) is 2.61. The summed E-state index contributed by atoms with van der Waals surface area (Å²) < 4.78 is 17.3. The van der Waals surface area contributed by atoms with E-state index in [1.165, 1.54) is 6.42 Å². The maximum absolute atomic E-state index is 5.96. The minimum atomic E-state index is 0.313. The van der Waals surface area contributed by atoms with Gasteiger partial charge in [0.05, 0.1) is 24.4 Å². The minimum Gasteiger partial charge on any atom is -0.375 e. The van der Waals surface area contributed by atoms with Crippen LogP contribution in [0.25, 0.3) is 0 Å². The Morgan fingerprint density at radius 1 is 0.769 bits per heavy atom. The number of rotatable bonds is 0. The van der Waals surface area contributed by atoms with E-state index < -0.39 is 0 Å². The van der Waals surface area contributed by atoms with Gasteiger partial charge in [-0.2, -0.15) is 0 Å². The molecule has 0 bridgehead atoms. The van der Waals surface area contributed by atoms with Gasteiger partial charge in [0, 0.05) is 19.6 Å². The van der Waals surface area contributed by atoms with Crippen LogP contribution in [0.3, 0.4) is 0 Å². The summed E-state index contributed by atoms with van der Waals surface area (Å²) in [5.41, 5.74) is 0. The lowest BCUT2D eigenvalue weighted by atomic mass is 9.94. The normalized spacial score (nSPS) is 49.8. The van der Waals surface area contributed by atoms with Crippen LogP contribution in [0.4, 0.5) is 0 Å². The van der Waals surface area contributed by atoms with Crippen molar-refractivity contribution in [2.75, 3.05) is 13.2 Å². The van der Waals surface area contributed by atoms with E-state index in [0.717, 1.165) is 32.5 Å². The Kier molecular flexibility index (Phi) is 2.04. The molecule has 74 valence electrons. The molecule has 0 N–H and O–H groups in total. The van der Waals surface area contributed by atoms with Gasteiger partial charge in [-0.15, -0.1) is 0 Å². The molecule has 4 atom stereocenters. The molecule has 13 heavy (non-hydrogen) atoms. The van der Waals surface area contributed by atoms with E-state index in [2.05, 4.69) is 0 Å². The van der Waals surface area contributed by atoms with Crippen molar-refractivity contribution in [1.82, 2.24) is 0 Å². The van der Waals surface area contributed by atoms with Crippen molar-refractivity contribution in [2.45, 2.75) is 50.1 Å². The lowest BCUT2D eigenvalue weighted by Gasteiger charge is -2.40. The van der Waals surface area contributed by atoms with Gasteiger partial charge in [0.15, 0.2) is 0 Å². The van der Waals surface area contributed by atoms with Crippen LogP contribution >= 0.6 is 0 Å². The highest BCUT2D eigenvalue weighted by Gasteiger charge is 2.42. The zero-order valence-electron chi connectivity index (χ0n) is 7.78. The number of hydrogen-bond acceptors (Lipinski definition) is 3. The second-order valence-corrected chi connectivity index (χ2v) is 4.20. The average molecular weight is 184 g/mol. The van der Waals surface area contributed by atoms with Gasteiger partial charge in [0.25, 0.3) is 0 Å². The summed E-state index contributed by atoms with van der Waals surface area (Å²) in [5.74, 6) is 0. The topological polar surface area (TPSA) is 27.7 Å². The Balaban J connectivity index is 1.71. The molecular formula is C10H16O3. The van der Waals surface area contributed by atoms with Crippen molar-refractivity contribution >= 4 is 0 Å². The molecule has 0 spiro atoms. The molecule has 3 heteroatoms. The van der Waals surface area contributed by atoms with Gasteiger partial charge in [-0.1, -0.05) is 0 Å². The molecule has 3 saturated heterocycles. The fourth-order valence-corrected chi connectivity index (χ4v) is 2.65. The van der Waals surface area contributed by atoms with E-state index in [4.69, 9.17) is 14.2 Å². The van der Waals surface area contributed by atoms with Gasteiger partial charge < -0.3 is 14.2 Å². The van der Waals surface area contributed by atoms with Gasteiger partial charge in [-0.05, 0) is 19.3 Å². The van der Waals surface area contributed by atoms with Gasteiger partial charge in [0.2, 0.25) is 0 Å². The van der Waals surface area contributed by atoms with Crippen LogP contribution in [0.5, 0.6) is 0 Å². The number of hydrogen-bond donors (Lipinski definition) is 0. The van der Waals surface area contributed by atoms with E-state index in [-0.39, 0.29) is 0 Å². The van der Waals surface area contributed by atoms with Gasteiger partial charge in [-0.3, -0.25) is 0 Å². The maximum Gasteiger partial charge on any atom is 0.0864 e. The molecule has 0 aromatic rings. The first kappa shape index (κ1) is 8.21. The third-order valence-electron chi connectivity index (χ3n) is 3.34. The first-order chi connectivity index (χ1) is 6.43. The van der Waals surface area contributed by atoms with Crippen molar-refractivity contribution in [3.63, 3.8) is 0 Å². The van der Waals surface area contributed by atoms with Crippen molar-refractivity contribution < 1.29 is 14.2 Å². The van der Waals surface area contributed by atoms with Crippen LogP contribution in [-0.4, -0.2) is 37.6 Å². The molecule has 0 aliphatic carbocycles. The summed E-state index contributed by atoms with van der Waals surface area (Å²) in [5, 5.41) is 0. The Labute approximate surface area is 78.3 Å². The second-order valence-electron chi connectivity index (χ2n) is 4.20. The molecule has 3 heterocycles. The smallest absolute Gasteiger partial charge is 0.0864 e. The maximum atomic E-state index is 5.96. The van der Waals surface area contributed by atoms with Crippen LogP contribution in [0.1, 0.15) is 25.7 Å². The molecule has 0 radical (unpaired) electrons. The summed E-state index contributed by atoms with van der Waals surface area (Å²) in [6.45, 7) is 1.77. The number of ether oxygens (including phenoxy) is 3. The van der Waals surface area contributed by atoms with Crippen molar-refractivity contribution in [1.29, 1.82) is 0 Å². The molecular weight excluding hydrogens is 168 g/mol. The van der Waals surface area contributed by atoms with E-state index in [1.807, 2.05) is 0 Å². The largest absolute Gasteiger partial charge is 0.375 e. The van der Waals surface area contributed by atoms with Gasteiger partial charge in [-0.25, -0.2) is 0 Å². The monoisotopic (exact) mass is 184 g/mol. The summed E-state index contributed by atoms with van der Waals surface area (Å²) in [6, 6.07) is 0. The lowest BCUT2D eigenvalue weighted by Crippen LogP contribution is -2.48. The highest BCUT2D eigenvalue weighted by atomic mass is 16.6. The summed E-state index contributed by atoms with van der Waals surface area (Å²) in [4.78, 5) is 0. The van der Waals surface area contributed by atoms with E-state index >= 15 is 0 Å². The number of fused-ring (bicyclic) bond motifs is 2. The quantitative estimate of drug-likeness (QED) is 0.564. The predicted octanol–water partition coefficient (Wildman–Crippen LogP) is 1.11. The van der Waals surface area contributed by atoms with Crippen LogP contribution in [0, 0.1) is 0 Å². The first-order valence-corrected chi connectivity index (χ1v) is 5.32. The van der Waals surface area contributed by atoms with Gasteiger partial charge >= 0.3 is 0 Å². The zero-order chi connectivity index (χ0) is 8.67. The Morgan fingerprint density at radius 2 is 1.54 bits per heavy atom. The Morgan fingerprint density at radius 3 is 2.46 bits per heavy atom. The van der Waals surface area contributed by atoms with Crippen molar-refractivity contribution in [3.8, 4) is 0 Å². The van der Waals surface area contributed by atoms with E-state index in [9.17, 15) is 0 Å². The fourth-order valence-electron chi connectivity index (χ4n) is 2.65. The van der Waals surface area contributed by atoms with E-state index in [0.29, 0.717) is 24.4 Å². The van der Waals surface area contributed by atoms with Crippen LogP contribution in [-0.2, 0) is 14.2 Å². The standard InChI is InChI=1S/C10H16O3/c1-2-7-9(11-4-1)6-10-8(13-7)3-5-12-10/h7-10H,1-6H2/t7-,8+,9-,10+/m0/s1. The molecule has 0 amide bonds. The highest BCUT2D eigenvalue weighted by Crippen LogP contribution is 2.34. The molecule has 0 aromatic heterocycles. The summed E-state index contributed by atoms with van der Waals surface area (Å²) in [7, 11) is 0. The molecule has 3 aliphatic heterocycles. The van der Waals surface area contributed by atoms with Crippen LogP contribution in [0.15, 0.2) is 0 Å².